The number of pyridine rings is 1. The van der Waals surface area contributed by atoms with E-state index in [-0.39, 0.29) is 17.7 Å². The topological polar surface area (TPSA) is 91.2 Å². The van der Waals surface area contributed by atoms with Crippen LogP contribution in [0.1, 0.15) is 6.92 Å². The van der Waals surface area contributed by atoms with Gasteiger partial charge in [0.1, 0.15) is 5.75 Å². The lowest BCUT2D eigenvalue weighted by atomic mass is 10.2. The van der Waals surface area contributed by atoms with Crippen molar-refractivity contribution in [3.05, 3.63) is 48.8 Å². The Bertz CT molecular complexity index is 931. The van der Waals surface area contributed by atoms with Gasteiger partial charge in [0.05, 0.1) is 19.5 Å². The van der Waals surface area contributed by atoms with Crippen LogP contribution in [-0.4, -0.2) is 58.3 Å². The number of amides is 1. The molecular formula is C20H23N5O3S. The molecule has 0 bridgehead atoms. The summed E-state index contributed by atoms with van der Waals surface area (Å²) in [6.45, 7) is 2.36. The molecule has 0 saturated heterocycles. The van der Waals surface area contributed by atoms with Crippen LogP contribution in [0.2, 0.25) is 0 Å². The summed E-state index contributed by atoms with van der Waals surface area (Å²) in [5, 5.41) is 12.2. The Morgan fingerprint density at radius 2 is 1.86 bits per heavy atom. The van der Waals surface area contributed by atoms with E-state index in [0.717, 1.165) is 17.0 Å². The van der Waals surface area contributed by atoms with Gasteiger partial charge < -0.3 is 14.8 Å². The van der Waals surface area contributed by atoms with Crippen LogP contribution in [0, 0.1) is 0 Å². The lowest BCUT2D eigenvalue weighted by molar-refractivity contribution is -0.119. The summed E-state index contributed by atoms with van der Waals surface area (Å²) in [5.41, 5.74) is 1.76. The molecule has 0 aliphatic rings. The molecule has 1 atom stereocenters. The Hall–Kier alpha value is -2.91. The minimum absolute atomic E-state index is 0.0556. The first-order valence-corrected chi connectivity index (χ1v) is 10.0. The molecule has 1 N–H and O–H groups in total. The zero-order valence-corrected chi connectivity index (χ0v) is 17.3. The van der Waals surface area contributed by atoms with Crippen LogP contribution in [0.25, 0.3) is 17.1 Å². The molecule has 3 rings (SSSR count). The van der Waals surface area contributed by atoms with E-state index in [4.69, 9.17) is 9.47 Å². The second kappa shape index (κ2) is 10.0. The highest BCUT2D eigenvalue weighted by Crippen LogP contribution is 2.28. The Morgan fingerprint density at radius 1 is 1.14 bits per heavy atom. The number of aromatic nitrogens is 4. The number of rotatable bonds is 9. The molecule has 9 heteroatoms. The molecule has 2 heterocycles. The number of benzene rings is 1. The van der Waals surface area contributed by atoms with Crippen LogP contribution < -0.4 is 10.1 Å². The maximum Gasteiger partial charge on any atom is 0.230 e. The number of carbonyl (C=O) groups is 1. The van der Waals surface area contributed by atoms with Gasteiger partial charge in [0.2, 0.25) is 5.91 Å². The van der Waals surface area contributed by atoms with Crippen LogP contribution in [0.4, 0.5) is 0 Å². The van der Waals surface area contributed by atoms with E-state index in [1.54, 1.807) is 26.6 Å². The number of nitrogens with one attached hydrogen (secondary N) is 1. The first kappa shape index (κ1) is 20.8. The SMILES string of the molecule is COC[C@H](C)NC(=O)CSc1nnc(-c2ccncc2)n1-c1ccc(OC)cc1. The van der Waals surface area contributed by atoms with Crippen LogP contribution in [0.3, 0.4) is 0 Å². The van der Waals surface area contributed by atoms with Gasteiger partial charge in [-0.3, -0.25) is 14.3 Å². The molecule has 1 amide bonds. The van der Waals surface area contributed by atoms with Crippen molar-refractivity contribution in [2.45, 2.75) is 18.1 Å². The zero-order valence-electron chi connectivity index (χ0n) is 16.5. The third-order valence-electron chi connectivity index (χ3n) is 4.06. The van der Waals surface area contributed by atoms with E-state index in [1.807, 2.05) is 47.9 Å². The molecule has 152 valence electrons. The van der Waals surface area contributed by atoms with E-state index in [0.29, 0.717) is 17.6 Å². The molecule has 0 spiro atoms. The van der Waals surface area contributed by atoms with Gasteiger partial charge in [0.25, 0.3) is 0 Å². The summed E-state index contributed by atoms with van der Waals surface area (Å²) in [6.07, 6.45) is 3.42. The minimum atomic E-state index is -0.0886. The first-order valence-electron chi connectivity index (χ1n) is 9.03. The van der Waals surface area contributed by atoms with Crippen molar-refractivity contribution in [3.8, 4) is 22.8 Å². The van der Waals surface area contributed by atoms with Gasteiger partial charge in [-0.1, -0.05) is 11.8 Å². The van der Waals surface area contributed by atoms with E-state index < -0.39 is 0 Å². The van der Waals surface area contributed by atoms with E-state index >= 15 is 0 Å². The normalized spacial score (nSPS) is 11.8. The summed E-state index contributed by atoms with van der Waals surface area (Å²) < 4.78 is 12.2. The van der Waals surface area contributed by atoms with Crippen LogP contribution in [0.5, 0.6) is 5.75 Å². The molecule has 8 nitrogen and oxygen atoms in total. The Labute approximate surface area is 173 Å². The van der Waals surface area contributed by atoms with Crippen LogP contribution in [-0.2, 0) is 9.53 Å². The second-order valence-corrected chi connectivity index (χ2v) is 7.23. The molecule has 0 aliphatic carbocycles. The summed E-state index contributed by atoms with van der Waals surface area (Å²) in [6, 6.07) is 11.3. The Morgan fingerprint density at radius 3 is 2.52 bits per heavy atom. The standard InChI is InChI=1S/C20H23N5O3S/c1-14(12-27-2)22-18(26)13-29-20-24-23-19(15-8-10-21-11-9-15)25(20)16-4-6-17(28-3)7-5-16/h4-11,14H,12-13H2,1-3H3,(H,22,26)/t14-/m0/s1. The van der Waals surface area contributed by atoms with Gasteiger partial charge in [-0.25, -0.2) is 0 Å². The number of hydrogen-bond acceptors (Lipinski definition) is 7. The predicted octanol–water partition coefficient (Wildman–Crippen LogP) is 2.58. The van der Waals surface area contributed by atoms with Crippen molar-refractivity contribution >= 4 is 17.7 Å². The van der Waals surface area contributed by atoms with Gasteiger partial charge in [0.15, 0.2) is 11.0 Å². The summed E-state index contributed by atoms with van der Waals surface area (Å²) >= 11 is 1.33. The number of nitrogens with zero attached hydrogens (tertiary/aromatic N) is 4. The average molecular weight is 414 g/mol. The fraction of sp³-hybridized carbons (Fsp3) is 0.300. The lowest BCUT2D eigenvalue weighted by Gasteiger charge is -2.13. The van der Waals surface area contributed by atoms with Gasteiger partial charge in [-0.15, -0.1) is 10.2 Å². The maximum absolute atomic E-state index is 12.2. The number of hydrogen-bond donors (Lipinski definition) is 1. The predicted molar refractivity (Wildman–Crippen MR) is 111 cm³/mol. The molecule has 2 aromatic heterocycles. The monoisotopic (exact) mass is 413 g/mol. The van der Waals surface area contributed by atoms with Gasteiger partial charge in [-0.2, -0.15) is 0 Å². The van der Waals surface area contributed by atoms with Gasteiger partial charge in [0, 0.05) is 36.8 Å². The quantitative estimate of drug-likeness (QED) is 0.539. The van der Waals surface area contributed by atoms with E-state index in [9.17, 15) is 4.79 Å². The Kier molecular flexibility index (Phi) is 7.20. The van der Waals surface area contributed by atoms with Gasteiger partial charge >= 0.3 is 0 Å². The maximum atomic E-state index is 12.2. The third kappa shape index (κ3) is 5.33. The summed E-state index contributed by atoms with van der Waals surface area (Å²) in [7, 11) is 3.23. The summed E-state index contributed by atoms with van der Waals surface area (Å²) in [4.78, 5) is 16.3. The molecule has 0 saturated carbocycles. The van der Waals surface area contributed by atoms with Crippen molar-refractivity contribution < 1.29 is 14.3 Å². The fourth-order valence-electron chi connectivity index (χ4n) is 2.75. The third-order valence-corrected chi connectivity index (χ3v) is 4.99. The van der Waals surface area contributed by atoms with Crippen molar-refractivity contribution in [2.24, 2.45) is 0 Å². The molecule has 0 radical (unpaired) electrons. The largest absolute Gasteiger partial charge is 0.497 e. The molecule has 29 heavy (non-hydrogen) atoms. The fourth-order valence-corrected chi connectivity index (χ4v) is 3.52. The molecular weight excluding hydrogens is 390 g/mol. The van der Waals surface area contributed by atoms with Crippen molar-refractivity contribution in [2.75, 3.05) is 26.6 Å². The van der Waals surface area contributed by atoms with E-state index in [2.05, 4.69) is 20.5 Å². The van der Waals surface area contributed by atoms with Crippen molar-refractivity contribution in [3.63, 3.8) is 0 Å². The molecule has 1 aromatic carbocycles. The highest BCUT2D eigenvalue weighted by atomic mass is 32.2. The van der Waals surface area contributed by atoms with Crippen LogP contribution in [0.15, 0.2) is 53.9 Å². The number of carbonyl (C=O) groups excluding carboxylic acids is 1. The molecule has 0 aliphatic heterocycles. The smallest absolute Gasteiger partial charge is 0.230 e. The van der Waals surface area contributed by atoms with Crippen molar-refractivity contribution in [1.82, 2.24) is 25.1 Å². The second-order valence-electron chi connectivity index (χ2n) is 6.29. The lowest BCUT2D eigenvalue weighted by Crippen LogP contribution is -2.36. The minimum Gasteiger partial charge on any atom is -0.497 e. The molecule has 0 fully saturated rings. The first-order chi connectivity index (χ1) is 14.1. The molecule has 0 unspecified atom stereocenters. The van der Waals surface area contributed by atoms with Crippen LogP contribution >= 0.6 is 11.8 Å². The number of ether oxygens (including phenoxy) is 2. The highest BCUT2D eigenvalue weighted by molar-refractivity contribution is 7.99. The molecule has 3 aromatic rings. The summed E-state index contributed by atoms with van der Waals surface area (Å²) in [5.74, 6) is 1.56. The Balaban J connectivity index is 1.87. The number of methoxy groups -OCH3 is 2. The highest BCUT2D eigenvalue weighted by Gasteiger charge is 2.18. The van der Waals surface area contributed by atoms with E-state index in [1.165, 1.54) is 11.8 Å². The van der Waals surface area contributed by atoms with Crippen molar-refractivity contribution in [1.29, 1.82) is 0 Å². The number of thioether (sulfide) groups is 1. The average Bonchev–Trinajstić information content (AvgIpc) is 3.17. The van der Waals surface area contributed by atoms with Gasteiger partial charge in [-0.05, 0) is 43.3 Å². The zero-order chi connectivity index (χ0) is 20.6.